The number of rotatable bonds is 2. The predicted octanol–water partition coefficient (Wildman–Crippen LogP) is 3.54. The lowest BCUT2D eigenvalue weighted by Gasteiger charge is -2.26. The average molecular weight is 341 g/mol. The van der Waals surface area contributed by atoms with Crippen LogP contribution >= 0.6 is 0 Å². The van der Waals surface area contributed by atoms with Gasteiger partial charge in [-0.3, -0.25) is 4.90 Å². The second-order valence-corrected chi connectivity index (χ2v) is 6.37. The van der Waals surface area contributed by atoms with Crippen molar-refractivity contribution in [2.75, 3.05) is 26.3 Å². The summed E-state index contributed by atoms with van der Waals surface area (Å²) >= 11 is 0. The van der Waals surface area contributed by atoms with Crippen LogP contribution in [0.3, 0.4) is 0 Å². The lowest BCUT2D eigenvalue weighted by atomic mass is 10.1. The highest BCUT2D eigenvalue weighted by Gasteiger charge is 2.11. The number of benzene rings is 2. The zero-order valence-corrected chi connectivity index (χ0v) is 14.8. The molecule has 0 saturated carbocycles. The quantitative estimate of drug-likeness (QED) is 0.714. The molecule has 0 aliphatic carbocycles. The minimum absolute atomic E-state index is 0.141. The third kappa shape index (κ3) is 4.87. The summed E-state index contributed by atoms with van der Waals surface area (Å²) in [4.78, 5) is 6.47. The molecule has 25 heavy (non-hydrogen) atoms. The molecule has 0 amide bonds. The number of halogens is 1. The molecule has 2 heterocycles. The predicted molar refractivity (Wildman–Crippen MR) is 97.9 cm³/mol. The first kappa shape index (κ1) is 17.6. The van der Waals surface area contributed by atoms with Gasteiger partial charge < -0.3 is 9.30 Å². The van der Waals surface area contributed by atoms with Gasteiger partial charge >= 0.3 is 0 Å². The Morgan fingerprint density at radius 2 is 1.88 bits per heavy atom. The van der Waals surface area contributed by atoms with E-state index in [4.69, 9.17) is 4.74 Å². The number of aromatic nitrogens is 2. The second kappa shape index (κ2) is 8.23. The van der Waals surface area contributed by atoms with Crippen LogP contribution in [-0.2, 0) is 18.3 Å². The molecule has 0 unspecified atom stereocenters. The van der Waals surface area contributed by atoms with Crippen molar-refractivity contribution in [2.24, 2.45) is 7.05 Å². The SMILES string of the molecule is Cc1cc(F)cc(CN2CCOCC2)c1.Cn1cnc2ccccc21. The van der Waals surface area contributed by atoms with Crippen LogP contribution in [0.15, 0.2) is 48.8 Å². The van der Waals surface area contributed by atoms with Crippen LogP contribution in [0.1, 0.15) is 11.1 Å². The van der Waals surface area contributed by atoms with Crippen molar-refractivity contribution in [2.45, 2.75) is 13.5 Å². The van der Waals surface area contributed by atoms with Gasteiger partial charge in [0.05, 0.1) is 30.6 Å². The first-order valence-electron chi connectivity index (χ1n) is 8.54. The zero-order valence-electron chi connectivity index (χ0n) is 14.8. The van der Waals surface area contributed by atoms with Crippen molar-refractivity contribution < 1.29 is 9.13 Å². The number of hydrogen-bond donors (Lipinski definition) is 0. The van der Waals surface area contributed by atoms with Crippen molar-refractivity contribution in [1.29, 1.82) is 0 Å². The third-order valence-corrected chi connectivity index (χ3v) is 4.24. The lowest BCUT2D eigenvalue weighted by molar-refractivity contribution is 0.0341. The summed E-state index contributed by atoms with van der Waals surface area (Å²) in [6, 6.07) is 13.3. The molecular formula is C20H24FN3O. The lowest BCUT2D eigenvalue weighted by Crippen LogP contribution is -2.35. The van der Waals surface area contributed by atoms with Crippen LogP contribution in [0.5, 0.6) is 0 Å². The molecule has 0 radical (unpaired) electrons. The number of hydrogen-bond acceptors (Lipinski definition) is 3. The van der Waals surface area contributed by atoms with Crippen LogP contribution in [0.2, 0.25) is 0 Å². The van der Waals surface area contributed by atoms with Gasteiger partial charge in [0.2, 0.25) is 0 Å². The number of para-hydroxylation sites is 2. The molecule has 5 heteroatoms. The Labute approximate surface area is 147 Å². The van der Waals surface area contributed by atoms with E-state index < -0.39 is 0 Å². The second-order valence-electron chi connectivity index (χ2n) is 6.37. The number of nitrogens with zero attached hydrogens (tertiary/aromatic N) is 3. The van der Waals surface area contributed by atoms with E-state index in [-0.39, 0.29) is 5.82 Å². The topological polar surface area (TPSA) is 30.3 Å². The maximum absolute atomic E-state index is 13.1. The normalized spacial score (nSPS) is 15.0. The molecule has 1 aliphatic heterocycles. The van der Waals surface area contributed by atoms with Gasteiger partial charge in [0.25, 0.3) is 0 Å². The first-order valence-corrected chi connectivity index (χ1v) is 8.54. The molecule has 1 aliphatic rings. The van der Waals surface area contributed by atoms with Crippen LogP contribution in [0, 0.1) is 12.7 Å². The fourth-order valence-electron chi connectivity index (χ4n) is 3.00. The summed E-state index contributed by atoms with van der Waals surface area (Å²) in [6.45, 7) is 6.20. The minimum atomic E-state index is -0.141. The largest absolute Gasteiger partial charge is 0.379 e. The molecule has 0 N–H and O–H groups in total. The maximum atomic E-state index is 13.1. The Bertz CT molecular complexity index is 804. The zero-order chi connectivity index (χ0) is 17.6. The number of morpholine rings is 1. The third-order valence-electron chi connectivity index (χ3n) is 4.24. The summed E-state index contributed by atoms with van der Waals surface area (Å²) in [5.74, 6) is -0.141. The molecule has 4 nitrogen and oxygen atoms in total. The van der Waals surface area contributed by atoms with Gasteiger partial charge in [-0.15, -0.1) is 0 Å². The fourth-order valence-corrected chi connectivity index (χ4v) is 3.00. The molecule has 3 aromatic rings. The number of ether oxygens (including phenoxy) is 1. The highest BCUT2D eigenvalue weighted by Crippen LogP contribution is 2.12. The van der Waals surface area contributed by atoms with E-state index in [0.29, 0.717) is 0 Å². The Balaban J connectivity index is 0.000000157. The summed E-state index contributed by atoms with van der Waals surface area (Å²) in [5.41, 5.74) is 4.28. The van der Waals surface area contributed by atoms with Crippen LogP contribution in [0.4, 0.5) is 4.39 Å². The van der Waals surface area contributed by atoms with E-state index in [1.54, 1.807) is 12.1 Å². The highest BCUT2D eigenvalue weighted by atomic mass is 19.1. The Morgan fingerprint density at radius 1 is 1.12 bits per heavy atom. The molecule has 0 atom stereocenters. The number of fused-ring (bicyclic) bond motifs is 1. The van der Waals surface area contributed by atoms with Crippen LogP contribution in [-0.4, -0.2) is 40.8 Å². The van der Waals surface area contributed by atoms with Crippen molar-refractivity contribution in [3.8, 4) is 0 Å². The minimum Gasteiger partial charge on any atom is -0.379 e. The highest BCUT2D eigenvalue weighted by molar-refractivity contribution is 5.74. The van der Waals surface area contributed by atoms with E-state index in [0.717, 1.165) is 49.5 Å². The van der Waals surface area contributed by atoms with Gasteiger partial charge in [-0.25, -0.2) is 9.37 Å². The molecule has 1 saturated heterocycles. The van der Waals surface area contributed by atoms with Gasteiger partial charge in [0.15, 0.2) is 0 Å². The summed E-state index contributed by atoms with van der Waals surface area (Å²) in [5, 5.41) is 0. The van der Waals surface area contributed by atoms with Crippen molar-refractivity contribution in [3.63, 3.8) is 0 Å². The van der Waals surface area contributed by atoms with E-state index in [2.05, 4.69) is 16.0 Å². The van der Waals surface area contributed by atoms with Gasteiger partial charge in [-0.1, -0.05) is 18.2 Å². The monoisotopic (exact) mass is 341 g/mol. The molecule has 132 valence electrons. The van der Waals surface area contributed by atoms with E-state index >= 15 is 0 Å². The molecular weight excluding hydrogens is 317 g/mol. The van der Waals surface area contributed by atoms with E-state index in [1.165, 1.54) is 5.52 Å². The molecule has 2 aromatic carbocycles. The summed E-state index contributed by atoms with van der Waals surface area (Å²) in [7, 11) is 2.00. The molecule has 1 aromatic heterocycles. The van der Waals surface area contributed by atoms with Gasteiger partial charge in [-0.2, -0.15) is 0 Å². The van der Waals surface area contributed by atoms with Crippen LogP contribution < -0.4 is 0 Å². The van der Waals surface area contributed by atoms with E-state index in [1.807, 2.05) is 49.1 Å². The number of aryl methyl sites for hydroxylation is 2. The average Bonchev–Trinajstić information content (AvgIpc) is 2.97. The fraction of sp³-hybridized carbons (Fsp3) is 0.350. The maximum Gasteiger partial charge on any atom is 0.123 e. The van der Waals surface area contributed by atoms with Gasteiger partial charge in [0, 0.05) is 26.7 Å². The smallest absolute Gasteiger partial charge is 0.123 e. The first-order chi connectivity index (χ1) is 12.1. The molecule has 0 spiro atoms. The molecule has 4 rings (SSSR count). The van der Waals surface area contributed by atoms with Crippen LogP contribution in [0.25, 0.3) is 11.0 Å². The Morgan fingerprint density at radius 3 is 2.60 bits per heavy atom. The Kier molecular flexibility index (Phi) is 5.79. The summed E-state index contributed by atoms with van der Waals surface area (Å²) in [6.07, 6.45) is 1.82. The Hall–Kier alpha value is -2.24. The standard InChI is InChI=1S/C12H16FNO.C8H8N2/c1-10-6-11(8-12(13)7-10)9-14-2-4-15-5-3-14;1-10-6-9-7-4-2-3-5-8(7)10/h6-8H,2-5,9H2,1H3;2-6H,1H3. The number of imidazole rings is 1. The van der Waals surface area contributed by atoms with Gasteiger partial charge in [0.1, 0.15) is 5.82 Å². The summed E-state index contributed by atoms with van der Waals surface area (Å²) < 4.78 is 20.4. The molecule has 0 bridgehead atoms. The van der Waals surface area contributed by atoms with Crippen molar-refractivity contribution >= 4 is 11.0 Å². The van der Waals surface area contributed by atoms with Crippen molar-refractivity contribution in [1.82, 2.24) is 14.5 Å². The van der Waals surface area contributed by atoms with E-state index in [9.17, 15) is 4.39 Å². The van der Waals surface area contributed by atoms with Gasteiger partial charge in [-0.05, 0) is 42.3 Å². The molecule has 1 fully saturated rings. The van der Waals surface area contributed by atoms with Crippen molar-refractivity contribution in [3.05, 3.63) is 65.7 Å².